The molecule has 1 N–H and O–H groups in total. The van der Waals surface area contributed by atoms with E-state index in [1.54, 1.807) is 0 Å². The van der Waals surface area contributed by atoms with E-state index in [1.807, 2.05) is 49.4 Å². The summed E-state index contributed by atoms with van der Waals surface area (Å²) in [5.74, 6) is 0.808. The van der Waals surface area contributed by atoms with E-state index < -0.39 is 7.82 Å². The Kier molecular flexibility index (Phi) is 8.38. The molecular weight excluding hydrogens is 343 g/mol. The van der Waals surface area contributed by atoms with Crippen molar-refractivity contribution >= 4 is 18.6 Å². The van der Waals surface area contributed by atoms with Gasteiger partial charge in [0.05, 0.1) is 26.4 Å². The third-order valence-corrected chi connectivity index (χ3v) is 4.49. The lowest BCUT2D eigenvalue weighted by molar-refractivity contribution is 0.0611. The van der Waals surface area contributed by atoms with Crippen LogP contribution in [0.25, 0.3) is 10.8 Å². The lowest BCUT2D eigenvalue weighted by atomic mass is 10.1. The molecule has 0 aliphatic carbocycles. The number of benzene rings is 2. The van der Waals surface area contributed by atoms with Crippen molar-refractivity contribution in [3.05, 3.63) is 42.5 Å². The second kappa shape index (κ2) is 10.5. The normalized spacial score (nSPS) is 13.7. The zero-order chi connectivity index (χ0) is 18.0. The van der Waals surface area contributed by atoms with Gasteiger partial charge in [0.25, 0.3) is 0 Å². The van der Waals surface area contributed by atoms with Crippen LogP contribution in [-0.2, 0) is 18.3 Å². The minimum atomic E-state index is -3.96. The molecular formula is C18H25O6P. The quantitative estimate of drug-likeness (QED) is 0.448. The Bertz CT molecular complexity index is 685. The third-order valence-electron chi connectivity index (χ3n) is 3.47. The summed E-state index contributed by atoms with van der Waals surface area (Å²) >= 11 is 0. The van der Waals surface area contributed by atoms with E-state index in [9.17, 15) is 9.46 Å². The van der Waals surface area contributed by atoms with Crippen LogP contribution in [-0.4, -0.2) is 37.9 Å². The van der Waals surface area contributed by atoms with Gasteiger partial charge in [-0.15, -0.1) is 0 Å². The number of hydrogen-bond donors (Lipinski definition) is 1. The molecule has 7 heteroatoms. The Morgan fingerprint density at radius 1 is 0.920 bits per heavy atom. The summed E-state index contributed by atoms with van der Waals surface area (Å²) in [5.41, 5.74) is 0. The second-order valence-electron chi connectivity index (χ2n) is 5.43. The van der Waals surface area contributed by atoms with E-state index in [4.69, 9.17) is 18.5 Å². The molecule has 6 nitrogen and oxygen atoms in total. The largest absolute Gasteiger partial charge is 0.491 e. The minimum absolute atomic E-state index is 0.00578. The summed E-state index contributed by atoms with van der Waals surface area (Å²) < 4.78 is 32.2. The molecule has 1 unspecified atom stereocenters. The van der Waals surface area contributed by atoms with Crippen molar-refractivity contribution in [3.63, 3.8) is 0 Å². The molecule has 0 bridgehead atoms. The number of fused-ring (bicyclic) bond motifs is 1. The molecule has 0 aliphatic rings. The Morgan fingerprint density at radius 2 is 1.64 bits per heavy atom. The molecule has 0 radical (unpaired) electrons. The van der Waals surface area contributed by atoms with Crippen LogP contribution < -0.4 is 4.74 Å². The van der Waals surface area contributed by atoms with Gasteiger partial charge >= 0.3 is 7.82 Å². The fourth-order valence-corrected chi connectivity index (χ4v) is 2.95. The Morgan fingerprint density at radius 3 is 2.48 bits per heavy atom. The standard InChI is InChI=1S/C18H25O6P/c1-2-3-11-23-25(19,20)24-15-13-21-12-14-22-18-10-6-8-16-7-4-5-9-17(16)18/h4-10H,2-3,11-15H2,1H3,(H,19,20). The zero-order valence-corrected chi connectivity index (χ0v) is 15.3. The third kappa shape index (κ3) is 7.14. The lowest BCUT2D eigenvalue weighted by Gasteiger charge is -2.12. The van der Waals surface area contributed by atoms with E-state index in [2.05, 4.69) is 0 Å². The zero-order valence-electron chi connectivity index (χ0n) is 14.4. The molecule has 0 aliphatic heterocycles. The number of unbranched alkanes of at least 4 members (excludes halogenated alkanes) is 1. The molecule has 0 aromatic heterocycles. The molecule has 0 saturated carbocycles. The highest BCUT2D eigenvalue weighted by Gasteiger charge is 2.19. The highest BCUT2D eigenvalue weighted by atomic mass is 31.2. The highest BCUT2D eigenvalue weighted by Crippen LogP contribution is 2.43. The molecule has 0 saturated heterocycles. The highest BCUT2D eigenvalue weighted by molar-refractivity contribution is 7.47. The van der Waals surface area contributed by atoms with Crippen molar-refractivity contribution in [2.24, 2.45) is 0 Å². The average Bonchev–Trinajstić information content (AvgIpc) is 2.61. The van der Waals surface area contributed by atoms with Gasteiger partial charge in [-0.25, -0.2) is 4.57 Å². The molecule has 2 aromatic carbocycles. The smallest absolute Gasteiger partial charge is 0.472 e. The predicted molar refractivity (Wildman–Crippen MR) is 96.9 cm³/mol. The van der Waals surface area contributed by atoms with Gasteiger partial charge in [0.1, 0.15) is 12.4 Å². The van der Waals surface area contributed by atoms with Crippen molar-refractivity contribution < 1.29 is 28.0 Å². The van der Waals surface area contributed by atoms with E-state index in [1.165, 1.54) is 0 Å². The van der Waals surface area contributed by atoms with E-state index >= 15 is 0 Å². The SMILES string of the molecule is CCCCOP(=O)(O)OCCOCCOc1cccc2ccccc12. The first-order chi connectivity index (χ1) is 12.1. The first-order valence-corrected chi connectivity index (χ1v) is 9.92. The first kappa shape index (κ1) is 19.9. The molecule has 25 heavy (non-hydrogen) atoms. The molecule has 138 valence electrons. The van der Waals surface area contributed by atoms with Gasteiger partial charge in [-0.05, 0) is 17.9 Å². The number of rotatable bonds is 12. The molecule has 2 aromatic rings. The van der Waals surface area contributed by atoms with E-state index in [-0.39, 0.29) is 19.8 Å². The van der Waals surface area contributed by atoms with Gasteiger partial charge in [0, 0.05) is 5.39 Å². The molecule has 0 heterocycles. The van der Waals surface area contributed by atoms with Crippen LogP contribution >= 0.6 is 7.82 Å². The molecule has 0 spiro atoms. The van der Waals surface area contributed by atoms with Crippen LogP contribution in [0.5, 0.6) is 5.75 Å². The van der Waals surface area contributed by atoms with Crippen molar-refractivity contribution in [1.82, 2.24) is 0 Å². The fraction of sp³-hybridized carbons (Fsp3) is 0.444. The first-order valence-electron chi connectivity index (χ1n) is 8.42. The Labute approximate surface area is 148 Å². The lowest BCUT2D eigenvalue weighted by Crippen LogP contribution is -2.11. The summed E-state index contributed by atoms with van der Waals surface area (Å²) in [7, 11) is -3.96. The van der Waals surface area contributed by atoms with Gasteiger partial charge < -0.3 is 14.4 Å². The van der Waals surface area contributed by atoms with Gasteiger partial charge in [0.15, 0.2) is 0 Å². The summed E-state index contributed by atoms with van der Waals surface area (Å²) in [5, 5.41) is 2.18. The predicted octanol–water partition coefficient (Wildman–Crippen LogP) is 4.17. The van der Waals surface area contributed by atoms with E-state index in [0.29, 0.717) is 13.2 Å². The molecule has 1 atom stereocenters. The Hall–Kier alpha value is -1.43. The van der Waals surface area contributed by atoms with Crippen molar-refractivity contribution in [2.75, 3.05) is 33.0 Å². The number of phosphoric ester groups is 1. The maximum Gasteiger partial charge on any atom is 0.472 e. The van der Waals surface area contributed by atoms with Crippen LogP contribution in [0, 0.1) is 0 Å². The average molecular weight is 368 g/mol. The number of ether oxygens (including phenoxy) is 2. The van der Waals surface area contributed by atoms with Crippen molar-refractivity contribution in [1.29, 1.82) is 0 Å². The van der Waals surface area contributed by atoms with Crippen LogP contribution in [0.2, 0.25) is 0 Å². The summed E-state index contributed by atoms with van der Waals surface area (Å²) in [6.07, 6.45) is 1.61. The van der Waals surface area contributed by atoms with Crippen LogP contribution in [0.4, 0.5) is 0 Å². The number of hydrogen-bond acceptors (Lipinski definition) is 5. The van der Waals surface area contributed by atoms with E-state index in [0.717, 1.165) is 29.4 Å². The van der Waals surface area contributed by atoms with Crippen LogP contribution in [0.1, 0.15) is 19.8 Å². The molecule has 0 fully saturated rings. The van der Waals surface area contributed by atoms with Gasteiger partial charge in [0.2, 0.25) is 0 Å². The topological polar surface area (TPSA) is 74.2 Å². The summed E-state index contributed by atoms with van der Waals surface area (Å²) in [6, 6.07) is 13.9. The van der Waals surface area contributed by atoms with Gasteiger partial charge in [-0.2, -0.15) is 0 Å². The summed E-state index contributed by atoms with van der Waals surface area (Å²) in [6.45, 7) is 3.12. The van der Waals surface area contributed by atoms with Crippen LogP contribution in [0.15, 0.2) is 42.5 Å². The van der Waals surface area contributed by atoms with Crippen LogP contribution in [0.3, 0.4) is 0 Å². The number of phosphoric acid groups is 1. The maximum atomic E-state index is 11.5. The summed E-state index contributed by atoms with van der Waals surface area (Å²) in [4.78, 5) is 9.42. The van der Waals surface area contributed by atoms with Gasteiger partial charge in [-0.3, -0.25) is 9.05 Å². The molecule has 2 rings (SSSR count). The van der Waals surface area contributed by atoms with Gasteiger partial charge in [-0.1, -0.05) is 49.7 Å². The fourth-order valence-electron chi connectivity index (χ4n) is 2.21. The minimum Gasteiger partial charge on any atom is -0.491 e. The van der Waals surface area contributed by atoms with Crippen molar-refractivity contribution in [2.45, 2.75) is 19.8 Å². The maximum absolute atomic E-state index is 11.5. The Balaban J connectivity index is 1.61. The monoisotopic (exact) mass is 368 g/mol. The molecule has 0 amide bonds. The van der Waals surface area contributed by atoms with Crippen molar-refractivity contribution in [3.8, 4) is 5.75 Å². The second-order valence-corrected chi connectivity index (χ2v) is 6.88.